The van der Waals surface area contributed by atoms with Crippen molar-refractivity contribution in [1.29, 1.82) is 0 Å². The molecule has 2 aromatic rings. The fourth-order valence-corrected chi connectivity index (χ4v) is 2.89. The lowest BCUT2D eigenvalue weighted by molar-refractivity contribution is -0.00547. The van der Waals surface area contributed by atoms with E-state index in [2.05, 4.69) is 29.2 Å². The maximum atomic E-state index is 12.1. The number of benzene rings is 1. The number of nitrogens with one attached hydrogen (secondary N) is 1. The molecule has 3 rings (SSSR count). The number of carbonyl (C=O) groups excluding carboxylic acids is 1. The van der Waals surface area contributed by atoms with Gasteiger partial charge in [-0.15, -0.1) is 0 Å². The van der Waals surface area contributed by atoms with Crippen molar-refractivity contribution in [3.05, 3.63) is 59.8 Å². The Morgan fingerprint density at radius 3 is 2.56 bits per heavy atom. The Labute approximate surface area is 147 Å². The molecular formula is C19H23N3O3. The van der Waals surface area contributed by atoms with E-state index in [1.165, 1.54) is 0 Å². The third-order valence-electron chi connectivity index (χ3n) is 4.00. The predicted molar refractivity (Wildman–Crippen MR) is 95.2 cm³/mol. The molecule has 1 aliphatic heterocycles. The van der Waals surface area contributed by atoms with Crippen molar-refractivity contribution in [2.45, 2.75) is 32.7 Å². The van der Waals surface area contributed by atoms with Gasteiger partial charge in [-0.2, -0.15) is 0 Å². The van der Waals surface area contributed by atoms with Crippen LogP contribution >= 0.6 is 0 Å². The summed E-state index contributed by atoms with van der Waals surface area (Å²) >= 11 is 0. The number of anilines is 1. The van der Waals surface area contributed by atoms with Crippen molar-refractivity contribution in [3.8, 4) is 0 Å². The van der Waals surface area contributed by atoms with Crippen molar-refractivity contribution in [2.75, 3.05) is 18.0 Å². The summed E-state index contributed by atoms with van der Waals surface area (Å²) in [6, 6.07) is 13.3. The van der Waals surface area contributed by atoms with Crippen LogP contribution in [0.5, 0.6) is 0 Å². The van der Waals surface area contributed by atoms with E-state index >= 15 is 0 Å². The van der Waals surface area contributed by atoms with Crippen LogP contribution in [0, 0.1) is 0 Å². The molecule has 25 heavy (non-hydrogen) atoms. The second-order valence-corrected chi connectivity index (χ2v) is 6.27. The first kappa shape index (κ1) is 17.4. The number of carbonyl (C=O) groups is 1. The second-order valence-electron chi connectivity index (χ2n) is 6.27. The first-order chi connectivity index (χ1) is 12.1. The van der Waals surface area contributed by atoms with Crippen LogP contribution in [0.25, 0.3) is 0 Å². The minimum atomic E-state index is -0.307. The number of hydrogen-bond donors (Lipinski definition) is 1. The van der Waals surface area contributed by atoms with Crippen LogP contribution in [0.15, 0.2) is 48.7 Å². The molecule has 1 aliphatic rings. The Morgan fingerprint density at radius 2 is 1.92 bits per heavy atom. The molecule has 1 fully saturated rings. The molecule has 2 heterocycles. The van der Waals surface area contributed by atoms with Gasteiger partial charge in [0.15, 0.2) is 0 Å². The molecule has 6 nitrogen and oxygen atoms in total. The van der Waals surface area contributed by atoms with E-state index in [9.17, 15) is 4.79 Å². The maximum Gasteiger partial charge on any atom is 0.276 e. The average Bonchev–Trinajstić information content (AvgIpc) is 2.62. The second kappa shape index (κ2) is 8.09. The fourth-order valence-electron chi connectivity index (χ4n) is 2.89. The average molecular weight is 341 g/mol. The summed E-state index contributed by atoms with van der Waals surface area (Å²) < 4.78 is 5.73. The quantitative estimate of drug-likeness (QED) is 0.847. The topological polar surface area (TPSA) is 63.7 Å². The molecule has 1 aromatic carbocycles. The van der Waals surface area contributed by atoms with Gasteiger partial charge in [-0.25, -0.2) is 10.5 Å². The van der Waals surface area contributed by atoms with Gasteiger partial charge in [-0.3, -0.25) is 9.63 Å². The van der Waals surface area contributed by atoms with E-state index in [4.69, 9.17) is 9.57 Å². The zero-order chi connectivity index (χ0) is 17.6. The van der Waals surface area contributed by atoms with Crippen LogP contribution in [-0.4, -0.2) is 36.2 Å². The van der Waals surface area contributed by atoms with Crippen LogP contribution in [0.1, 0.15) is 29.8 Å². The van der Waals surface area contributed by atoms with Crippen LogP contribution in [0.4, 0.5) is 5.82 Å². The van der Waals surface area contributed by atoms with Crippen LogP contribution in [0.2, 0.25) is 0 Å². The van der Waals surface area contributed by atoms with Crippen molar-refractivity contribution >= 4 is 11.7 Å². The number of aromatic nitrogens is 1. The van der Waals surface area contributed by atoms with Crippen LogP contribution < -0.4 is 10.4 Å². The van der Waals surface area contributed by atoms with Gasteiger partial charge in [0.05, 0.1) is 24.4 Å². The lowest BCUT2D eigenvalue weighted by Crippen LogP contribution is -2.45. The highest BCUT2D eigenvalue weighted by Crippen LogP contribution is 2.18. The van der Waals surface area contributed by atoms with Gasteiger partial charge >= 0.3 is 0 Å². The number of nitrogens with zero attached hydrogens (tertiary/aromatic N) is 2. The molecule has 132 valence electrons. The lowest BCUT2D eigenvalue weighted by Gasteiger charge is -2.36. The Balaban J connectivity index is 1.53. The maximum absolute atomic E-state index is 12.1. The van der Waals surface area contributed by atoms with Gasteiger partial charge in [-0.1, -0.05) is 30.3 Å². The Kier molecular flexibility index (Phi) is 5.63. The summed E-state index contributed by atoms with van der Waals surface area (Å²) in [5, 5.41) is 0. The summed E-state index contributed by atoms with van der Waals surface area (Å²) in [5.41, 5.74) is 3.90. The molecule has 1 saturated heterocycles. The number of hydrogen-bond acceptors (Lipinski definition) is 5. The van der Waals surface area contributed by atoms with Crippen molar-refractivity contribution in [2.24, 2.45) is 0 Å². The van der Waals surface area contributed by atoms with Gasteiger partial charge in [0.2, 0.25) is 0 Å². The molecule has 0 aliphatic carbocycles. The van der Waals surface area contributed by atoms with Gasteiger partial charge in [0.25, 0.3) is 5.91 Å². The summed E-state index contributed by atoms with van der Waals surface area (Å²) in [7, 11) is 0. The van der Waals surface area contributed by atoms with Gasteiger partial charge in [0, 0.05) is 19.3 Å². The molecule has 6 heteroatoms. The van der Waals surface area contributed by atoms with E-state index in [0.29, 0.717) is 12.2 Å². The monoisotopic (exact) mass is 341 g/mol. The SMILES string of the molecule is C[C@H]1CN(c2ccc(C(=O)NOCc3ccccc3)cn2)C[C@H](C)O1. The Morgan fingerprint density at radius 1 is 1.20 bits per heavy atom. The predicted octanol–water partition coefficient (Wildman–Crippen LogP) is 2.56. The van der Waals surface area contributed by atoms with Crippen LogP contribution in [-0.2, 0) is 16.2 Å². The van der Waals surface area contributed by atoms with Gasteiger partial charge < -0.3 is 9.64 Å². The highest BCUT2D eigenvalue weighted by molar-refractivity contribution is 5.93. The molecule has 0 radical (unpaired) electrons. The molecule has 0 spiro atoms. The largest absolute Gasteiger partial charge is 0.372 e. The standard InChI is InChI=1S/C19H23N3O3/c1-14-11-22(12-15(2)25-14)18-9-8-17(10-20-18)19(23)21-24-13-16-6-4-3-5-7-16/h3-10,14-15H,11-13H2,1-2H3,(H,21,23)/t14-,15-/m0/s1. The summed E-state index contributed by atoms with van der Waals surface area (Å²) in [6.45, 7) is 6.01. The lowest BCUT2D eigenvalue weighted by atomic mass is 10.2. The third kappa shape index (κ3) is 4.78. The molecule has 0 unspecified atom stereocenters. The van der Waals surface area contributed by atoms with Crippen molar-refractivity contribution in [1.82, 2.24) is 10.5 Å². The van der Waals surface area contributed by atoms with E-state index in [0.717, 1.165) is 24.5 Å². The Bertz CT molecular complexity index is 681. The normalized spacial score (nSPS) is 20.3. The molecule has 0 bridgehead atoms. The fraction of sp³-hybridized carbons (Fsp3) is 0.368. The Hall–Kier alpha value is -2.44. The number of rotatable bonds is 5. The number of amides is 1. The summed E-state index contributed by atoms with van der Waals surface area (Å²) in [5.74, 6) is 0.544. The minimum Gasteiger partial charge on any atom is -0.372 e. The van der Waals surface area contributed by atoms with E-state index in [1.807, 2.05) is 36.4 Å². The van der Waals surface area contributed by atoms with Crippen LogP contribution in [0.3, 0.4) is 0 Å². The zero-order valence-electron chi connectivity index (χ0n) is 14.5. The molecule has 0 saturated carbocycles. The number of ether oxygens (including phenoxy) is 1. The van der Waals surface area contributed by atoms with Gasteiger partial charge in [-0.05, 0) is 31.5 Å². The minimum absolute atomic E-state index is 0.167. The van der Waals surface area contributed by atoms with Crippen molar-refractivity contribution < 1.29 is 14.4 Å². The molecule has 1 amide bonds. The first-order valence-corrected chi connectivity index (χ1v) is 8.44. The van der Waals surface area contributed by atoms with E-state index < -0.39 is 0 Å². The van der Waals surface area contributed by atoms with E-state index in [1.54, 1.807) is 12.3 Å². The third-order valence-corrected chi connectivity index (χ3v) is 4.00. The highest BCUT2D eigenvalue weighted by atomic mass is 16.6. The number of pyridine rings is 1. The van der Waals surface area contributed by atoms with E-state index in [-0.39, 0.29) is 18.1 Å². The summed E-state index contributed by atoms with van der Waals surface area (Å²) in [4.78, 5) is 24.0. The molecular weight excluding hydrogens is 318 g/mol. The first-order valence-electron chi connectivity index (χ1n) is 8.44. The van der Waals surface area contributed by atoms with Crippen molar-refractivity contribution in [3.63, 3.8) is 0 Å². The summed E-state index contributed by atoms with van der Waals surface area (Å²) in [6.07, 6.45) is 1.90. The van der Waals surface area contributed by atoms with Gasteiger partial charge in [0.1, 0.15) is 5.82 Å². The smallest absolute Gasteiger partial charge is 0.276 e. The zero-order valence-corrected chi connectivity index (χ0v) is 14.5. The number of morpholine rings is 1. The number of hydroxylamine groups is 1. The molecule has 2 atom stereocenters. The highest BCUT2D eigenvalue weighted by Gasteiger charge is 2.23. The molecule has 1 aromatic heterocycles. The molecule has 1 N–H and O–H groups in total.